The highest BCUT2D eigenvalue weighted by Crippen LogP contribution is 2.36. The molecule has 0 saturated carbocycles. The van der Waals surface area contributed by atoms with Crippen LogP contribution in [0.3, 0.4) is 0 Å². The molecule has 0 spiro atoms. The normalized spacial score (nSPS) is 10.3. The topological polar surface area (TPSA) is 94.2 Å². The molecule has 142 valence electrons. The lowest BCUT2D eigenvalue weighted by Gasteiger charge is -2.11. The first kappa shape index (κ1) is 21.3. The summed E-state index contributed by atoms with van der Waals surface area (Å²) in [6.45, 7) is -0.653. The van der Waals surface area contributed by atoms with E-state index in [1.807, 2.05) is 0 Å². The molecule has 0 aliphatic heterocycles. The van der Waals surface area contributed by atoms with Crippen LogP contribution in [0.4, 0.5) is 0 Å². The number of methoxy groups -OCH3 is 2. The molecule has 0 bridgehead atoms. The number of esters is 1. The molecule has 0 saturated heterocycles. The summed E-state index contributed by atoms with van der Waals surface area (Å²) in [5.74, 6) is -0.758. The number of nitrogens with zero attached hydrogens (tertiary/aromatic N) is 1. The fraction of sp³-hybridized carbons (Fsp3) is 0.353. The summed E-state index contributed by atoms with van der Waals surface area (Å²) >= 11 is 6.08. The van der Waals surface area contributed by atoms with Gasteiger partial charge in [-0.15, -0.1) is 0 Å². The maximum Gasteiger partial charge on any atom is 0.331 e. The summed E-state index contributed by atoms with van der Waals surface area (Å²) in [5.41, 5.74) is 0.589. The molecular formula is C17H21ClN2O6. The molecule has 26 heavy (non-hydrogen) atoms. The molecule has 2 amide bonds. The second-order valence-corrected chi connectivity index (χ2v) is 5.65. The molecular weight excluding hydrogens is 364 g/mol. The Morgan fingerprint density at radius 1 is 1.19 bits per heavy atom. The van der Waals surface area contributed by atoms with Crippen molar-refractivity contribution < 1.29 is 28.6 Å². The molecule has 0 unspecified atom stereocenters. The Kier molecular flexibility index (Phi) is 8.44. The zero-order valence-corrected chi connectivity index (χ0v) is 15.8. The number of hydrogen-bond acceptors (Lipinski definition) is 6. The molecule has 0 aliphatic carbocycles. The Morgan fingerprint density at radius 3 is 2.46 bits per heavy atom. The average molecular weight is 385 g/mol. The van der Waals surface area contributed by atoms with Gasteiger partial charge in [0.2, 0.25) is 5.91 Å². The summed E-state index contributed by atoms with van der Waals surface area (Å²) in [6.07, 6.45) is 2.61. The van der Waals surface area contributed by atoms with Crippen LogP contribution in [0, 0.1) is 0 Å². The minimum atomic E-state index is -0.718. The lowest BCUT2D eigenvalue weighted by Crippen LogP contribution is -2.38. The SMILES string of the molecule is COc1cc(/C=C/C(=O)OCC(=O)NCC(=O)N(C)C)cc(Cl)c1OC. The third kappa shape index (κ3) is 6.64. The van der Waals surface area contributed by atoms with Crippen molar-refractivity contribution in [1.82, 2.24) is 10.2 Å². The van der Waals surface area contributed by atoms with Crippen LogP contribution in [0.5, 0.6) is 11.5 Å². The van der Waals surface area contributed by atoms with Gasteiger partial charge in [0.1, 0.15) is 0 Å². The van der Waals surface area contributed by atoms with Gasteiger partial charge in [0.15, 0.2) is 18.1 Å². The zero-order valence-electron chi connectivity index (χ0n) is 15.0. The predicted octanol–water partition coefficient (Wildman–Crippen LogP) is 1.12. The van der Waals surface area contributed by atoms with E-state index in [4.69, 9.17) is 25.8 Å². The van der Waals surface area contributed by atoms with E-state index in [9.17, 15) is 14.4 Å². The van der Waals surface area contributed by atoms with E-state index >= 15 is 0 Å². The zero-order chi connectivity index (χ0) is 19.7. The molecule has 0 radical (unpaired) electrons. The highest BCUT2D eigenvalue weighted by atomic mass is 35.5. The van der Waals surface area contributed by atoms with Gasteiger partial charge in [-0.3, -0.25) is 9.59 Å². The van der Waals surface area contributed by atoms with E-state index in [1.165, 1.54) is 25.2 Å². The van der Waals surface area contributed by atoms with Crippen molar-refractivity contribution in [3.63, 3.8) is 0 Å². The maximum atomic E-state index is 11.7. The molecule has 0 heterocycles. The molecule has 0 aromatic heterocycles. The van der Waals surface area contributed by atoms with E-state index < -0.39 is 18.5 Å². The van der Waals surface area contributed by atoms with E-state index in [0.29, 0.717) is 22.1 Å². The first-order valence-electron chi connectivity index (χ1n) is 7.51. The monoisotopic (exact) mass is 384 g/mol. The first-order valence-corrected chi connectivity index (χ1v) is 7.89. The molecule has 1 aromatic rings. The van der Waals surface area contributed by atoms with E-state index in [2.05, 4.69) is 5.32 Å². The van der Waals surface area contributed by atoms with Crippen molar-refractivity contribution in [3.8, 4) is 11.5 Å². The Bertz CT molecular complexity index is 703. The minimum absolute atomic E-state index is 0.163. The number of rotatable bonds is 8. The first-order chi connectivity index (χ1) is 12.3. The summed E-state index contributed by atoms with van der Waals surface area (Å²) < 4.78 is 15.1. The van der Waals surface area contributed by atoms with Crippen LogP contribution in [-0.4, -0.2) is 64.2 Å². The smallest absolute Gasteiger partial charge is 0.331 e. The Balaban J connectivity index is 2.56. The van der Waals surface area contributed by atoms with Crippen LogP contribution in [0.2, 0.25) is 5.02 Å². The van der Waals surface area contributed by atoms with Gasteiger partial charge in [0.25, 0.3) is 5.91 Å². The van der Waals surface area contributed by atoms with Crippen LogP contribution in [0.15, 0.2) is 18.2 Å². The lowest BCUT2D eigenvalue weighted by molar-refractivity contribution is -0.144. The van der Waals surface area contributed by atoms with Gasteiger partial charge in [-0.1, -0.05) is 11.6 Å². The largest absolute Gasteiger partial charge is 0.493 e. The summed E-state index contributed by atoms with van der Waals surface area (Å²) in [5, 5.41) is 2.67. The number of hydrogen-bond donors (Lipinski definition) is 1. The van der Waals surface area contributed by atoms with E-state index in [0.717, 1.165) is 6.08 Å². The number of ether oxygens (including phenoxy) is 3. The highest BCUT2D eigenvalue weighted by molar-refractivity contribution is 6.32. The standard InChI is InChI=1S/C17H21ClN2O6/c1-20(2)15(22)9-19-14(21)10-26-16(23)6-5-11-7-12(18)17(25-4)13(8-11)24-3/h5-8H,9-10H2,1-4H3,(H,19,21)/b6-5+. The van der Waals surface area contributed by atoms with Crippen molar-refractivity contribution >= 4 is 35.5 Å². The number of nitrogens with one attached hydrogen (secondary N) is 1. The van der Waals surface area contributed by atoms with Crippen molar-refractivity contribution in [1.29, 1.82) is 0 Å². The molecule has 8 nitrogen and oxygen atoms in total. The van der Waals surface area contributed by atoms with Gasteiger partial charge in [-0.2, -0.15) is 0 Å². The number of carbonyl (C=O) groups excluding carboxylic acids is 3. The van der Waals surface area contributed by atoms with E-state index in [-0.39, 0.29) is 12.5 Å². The lowest BCUT2D eigenvalue weighted by atomic mass is 10.2. The quantitative estimate of drug-likeness (QED) is 0.533. The fourth-order valence-corrected chi connectivity index (χ4v) is 2.06. The van der Waals surface area contributed by atoms with Crippen LogP contribution in [0.25, 0.3) is 6.08 Å². The predicted molar refractivity (Wildman–Crippen MR) is 96.3 cm³/mol. The van der Waals surface area contributed by atoms with Crippen LogP contribution in [-0.2, 0) is 19.1 Å². The second kappa shape index (κ2) is 10.3. The number of benzene rings is 1. The maximum absolute atomic E-state index is 11.7. The van der Waals surface area contributed by atoms with Gasteiger partial charge in [0, 0.05) is 20.2 Å². The summed E-state index contributed by atoms with van der Waals surface area (Å²) in [4.78, 5) is 35.9. The molecule has 1 N–H and O–H groups in total. The molecule has 1 rings (SSSR count). The number of carbonyl (C=O) groups is 3. The molecule has 1 aromatic carbocycles. The molecule has 9 heteroatoms. The Hall–Kier alpha value is -2.74. The van der Waals surface area contributed by atoms with Crippen LogP contribution in [0.1, 0.15) is 5.56 Å². The van der Waals surface area contributed by atoms with Gasteiger partial charge in [-0.05, 0) is 23.8 Å². The Labute approximate surface area is 156 Å². The van der Waals surface area contributed by atoms with Crippen molar-refractivity contribution in [3.05, 3.63) is 28.8 Å². The number of likely N-dealkylation sites (N-methyl/N-ethyl adjacent to an activating group) is 1. The third-order valence-electron chi connectivity index (χ3n) is 3.15. The average Bonchev–Trinajstić information content (AvgIpc) is 2.61. The second-order valence-electron chi connectivity index (χ2n) is 5.24. The summed E-state index contributed by atoms with van der Waals surface area (Å²) in [7, 11) is 6.07. The number of amides is 2. The van der Waals surface area contributed by atoms with Gasteiger partial charge < -0.3 is 24.4 Å². The highest BCUT2D eigenvalue weighted by Gasteiger charge is 2.11. The van der Waals surface area contributed by atoms with Crippen molar-refractivity contribution in [2.75, 3.05) is 41.5 Å². The van der Waals surface area contributed by atoms with Crippen LogP contribution >= 0.6 is 11.6 Å². The Morgan fingerprint density at radius 2 is 1.88 bits per heavy atom. The molecule has 0 fully saturated rings. The van der Waals surface area contributed by atoms with Crippen molar-refractivity contribution in [2.24, 2.45) is 0 Å². The molecule has 0 atom stereocenters. The third-order valence-corrected chi connectivity index (χ3v) is 3.43. The minimum Gasteiger partial charge on any atom is -0.493 e. The van der Waals surface area contributed by atoms with Crippen molar-refractivity contribution in [2.45, 2.75) is 0 Å². The molecule has 0 aliphatic rings. The number of halogens is 1. The fourth-order valence-electron chi connectivity index (χ4n) is 1.77. The van der Waals surface area contributed by atoms with Gasteiger partial charge in [0.05, 0.1) is 25.8 Å². The summed E-state index contributed by atoms with van der Waals surface area (Å²) in [6, 6.07) is 3.22. The van der Waals surface area contributed by atoms with Gasteiger partial charge >= 0.3 is 5.97 Å². The van der Waals surface area contributed by atoms with Gasteiger partial charge in [-0.25, -0.2) is 4.79 Å². The van der Waals surface area contributed by atoms with E-state index in [1.54, 1.807) is 26.2 Å². The van der Waals surface area contributed by atoms with Crippen LogP contribution < -0.4 is 14.8 Å².